The molecule has 166 valence electrons. The maximum atomic E-state index is 12.1. The summed E-state index contributed by atoms with van der Waals surface area (Å²) < 4.78 is 12.5. The standard InChI is InChI=1S/C19H21N9O4/c1-21-18(30)15-12(26-27-20)14(29)19(32-15)28-9-25-13-16(23-8-24-17(13)28)22-7-10-4-3-5-11(6-10)31-2/h3-6,8-9,12,14-15,19,29H,7H2,1-2H3,(H,21,30)(H,22,23,24). The highest BCUT2D eigenvalue weighted by Crippen LogP contribution is 2.34. The molecule has 0 aliphatic carbocycles. The van der Waals surface area contributed by atoms with Crippen LogP contribution < -0.4 is 15.4 Å². The number of ether oxygens (including phenoxy) is 2. The number of aliphatic hydroxyl groups excluding tert-OH is 1. The number of anilines is 1. The first-order valence-electron chi connectivity index (χ1n) is 9.71. The highest BCUT2D eigenvalue weighted by Gasteiger charge is 2.48. The summed E-state index contributed by atoms with van der Waals surface area (Å²) in [4.78, 5) is 27.8. The molecule has 0 saturated carbocycles. The van der Waals surface area contributed by atoms with Crippen molar-refractivity contribution in [1.29, 1.82) is 0 Å². The zero-order chi connectivity index (χ0) is 22.7. The lowest BCUT2D eigenvalue weighted by Crippen LogP contribution is -2.40. The van der Waals surface area contributed by atoms with Gasteiger partial charge < -0.3 is 25.2 Å². The Bertz CT molecular complexity index is 1180. The minimum atomic E-state index is -1.28. The van der Waals surface area contributed by atoms with Crippen LogP contribution in [-0.4, -0.2) is 62.9 Å². The molecule has 0 radical (unpaired) electrons. The second-order valence-corrected chi connectivity index (χ2v) is 7.00. The van der Waals surface area contributed by atoms with Crippen molar-refractivity contribution in [1.82, 2.24) is 24.8 Å². The number of benzene rings is 1. The van der Waals surface area contributed by atoms with Gasteiger partial charge >= 0.3 is 0 Å². The lowest BCUT2D eigenvalue weighted by atomic mass is 10.1. The number of carbonyl (C=O) groups excluding carboxylic acids is 1. The number of aliphatic hydroxyl groups is 1. The molecule has 1 amide bonds. The second kappa shape index (κ2) is 9.06. The third-order valence-electron chi connectivity index (χ3n) is 5.16. The first-order chi connectivity index (χ1) is 15.6. The number of methoxy groups -OCH3 is 1. The van der Waals surface area contributed by atoms with E-state index in [0.717, 1.165) is 11.3 Å². The molecule has 1 fully saturated rings. The molecule has 0 bridgehead atoms. The van der Waals surface area contributed by atoms with E-state index in [2.05, 4.69) is 35.6 Å². The van der Waals surface area contributed by atoms with E-state index >= 15 is 0 Å². The predicted octanol–water partition coefficient (Wildman–Crippen LogP) is 1.13. The minimum Gasteiger partial charge on any atom is -0.497 e. The molecule has 4 atom stereocenters. The Morgan fingerprint density at radius 1 is 1.41 bits per heavy atom. The van der Waals surface area contributed by atoms with Gasteiger partial charge in [0, 0.05) is 18.5 Å². The van der Waals surface area contributed by atoms with Crippen LogP contribution in [0.4, 0.5) is 5.82 Å². The van der Waals surface area contributed by atoms with Gasteiger partial charge in [-0.15, -0.1) is 0 Å². The summed E-state index contributed by atoms with van der Waals surface area (Å²) in [6, 6.07) is 6.50. The summed E-state index contributed by atoms with van der Waals surface area (Å²) in [5.74, 6) is 0.719. The average Bonchev–Trinajstić information content (AvgIpc) is 3.39. The zero-order valence-corrected chi connectivity index (χ0v) is 17.3. The van der Waals surface area contributed by atoms with Gasteiger partial charge in [-0.05, 0) is 23.2 Å². The minimum absolute atomic E-state index is 0.384. The van der Waals surface area contributed by atoms with Crippen LogP contribution in [0.25, 0.3) is 21.6 Å². The van der Waals surface area contributed by atoms with Crippen molar-refractivity contribution in [3.8, 4) is 5.75 Å². The van der Waals surface area contributed by atoms with Crippen LogP contribution in [0, 0.1) is 0 Å². The maximum absolute atomic E-state index is 12.1. The van der Waals surface area contributed by atoms with Crippen LogP contribution in [0.3, 0.4) is 0 Å². The van der Waals surface area contributed by atoms with Crippen molar-refractivity contribution in [3.63, 3.8) is 0 Å². The molecule has 13 heteroatoms. The number of carbonyl (C=O) groups is 1. The van der Waals surface area contributed by atoms with Crippen molar-refractivity contribution >= 4 is 22.9 Å². The van der Waals surface area contributed by atoms with Gasteiger partial charge in [0.15, 0.2) is 23.2 Å². The Morgan fingerprint density at radius 3 is 3.00 bits per heavy atom. The Kier molecular flexibility index (Phi) is 6.03. The third-order valence-corrected chi connectivity index (χ3v) is 5.16. The summed E-state index contributed by atoms with van der Waals surface area (Å²) >= 11 is 0. The van der Waals surface area contributed by atoms with Crippen LogP contribution in [0.2, 0.25) is 0 Å². The van der Waals surface area contributed by atoms with Gasteiger partial charge in [-0.25, -0.2) is 15.0 Å². The van der Waals surface area contributed by atoms with E-state index < -0.39 is 30.4 Å². The quantitative estimate of drug-likeness (QED) is 0.279. The van der Waals surface area contributed by atoms with Gasteiger partial charge in [-0.3, -0.25) is 9.36 Å². The largest absolute Gasteiger partial charge is 0.497 e. The van der Waals surface area contributed by atoms with Gasteiger partial charge in [-0.2, -0.15) is 0 Å². The van der Waals surface area contributed by atoms with Gasteiger partial charge in [0.2, 0.25) is 5.91 Å². The molecular weight excluding hydrogens is 418 g/mol. The number of hydrogen-bond donors (Lipinski definition) is 3. The fourth-order valence-corrected chi connectivity index (χ4v) is 3.57. The van der Waals surface area contributed by atoms with Gasteiger partial charge in [0.1, 0.15) is 30.3 Å². The van der Waals surface area contributed by atoms with Gasteiger partial charge in [-0.1, -0.05) is 17.2 Å². The van der Waals surface area contributed by atoms with Crippen LogP contribution in [0.5, 0.6) is 5.75 Å². The van der Waals surface area contributed by atoms with Crippen molar-refractivity contribution in [2.45, 2.75) is 31.0 Å². The third kappa shape index (κ3) is 3.87. The lowest BCUT2D eigenvalue weighted by molar-refractivity contribution is -0.134. The maximum Gasteiger partial charge on any atom is 0.249 e. The second-order valence-electron chi connectivity index (χ2n) is 7.00. The molecular formula is C19H21N9O4. The van der Waals surface area contributed by atoms with E-state index in [9.17, 15) is 9.90 Å². The molecule has 32 heavy (non-hydrogen) atoms. The van der Waals surface area contributed by atoms with Crippen molar-refractivity contribution < 1.29 is 19.4 Å². The fourth-order valence-electron chi connectivity index (χ4n) is 3.57. The first-order valence-corrected chi connectivity index (χ1v) is 9.71. The molecule has 1 aliphatic heterocycles. The molecule has 3 N–H and O–H groups in total. The number of fused-ring (bicyclic) bond motifs is 1. The van der Waals surface area contributed by atoms with E-state index in [-0.39, 0.29) is 0 Å². The zero-order valence-electron chi connectivity index (χ0n) is 17.3. The summed E-state index contributed by atoms with van der Waals surface area (Å²) in [7, 11) is 3.03. The molecule has 2 aromatic heterocycles. The number of nitrogens with one attached hydrogen (secondary N) is 2. The Hall–Kier alpha value is -3.93. The number of nitrogens with zero attached hydrogens (tertiary/aromatic N) is 7. The molecule has 1 aliphatic rings. The Balaban J connectivity index is 1.61. The molecule has 4 unspecified atom stereocenters. The van der Waals surface area contributed by atoms with Gasteiger partial charge in [0.25, 0.3) is 0 Å². The predicted molar refractivity (Wildman–Crippen MR) is 113 cm³/mol. The molecule has 3 aromatic rings. The monoisotopic (exact) mass is 439 g/mol. The number of likely N-dealkylation sites (N-methyl/N-ethyl adjacent to an activating group) is 1. The van der Waals surface area contributed by atoms with Gasteiger partial charge in [0.05, 0.1) is 13.4 Å². The lowest BCUT2D eigenvalue weighted by Gasteiger charge is -2.16. The first kappa shape index (κ1) is 21.3. The van der Waals surface area contributed by atoms with Crippen molar-refractivity contribution in [2.75, 3.05) is 19.5 Å². The summed E-state index contributed by atoms with van der Waals surface area (Å²) in [5.41, 5.74) is 10.7. The summed E-state index contributed by atoms with van der Waals surface area (Å²) in [6.45, 7) is 0.469. The van der Waals surface area contributed by atoms with E-state index in [1.54, 1.807) is 7.11 Å². The summed E-state index contributed by atoms with van der Waals surface area (Å²) in [5, 5.41) is 19.9. The van der Waals surface area contributed by atoms with E-state index in [1.807, 2.05) is 24.3 Å². The number of hydrogen-bond acceptors (Lipinski definition) is 9. The Morgan fingerprint density at radius 2 is 2.25 bits per heavy atom. The molecule has 4 rings (SSSR count). The molecule has 1 aromatic carbocycles. The number of imidazole rings is 1. The van der Waals surface area contributed by atoms with E-state index in [1.165, 1.54) is 24.3 Å². The summed E-state index contributed by atoms with van der Waals surface area (Å²) in [6.07, 6.45) is -0.672. The average molecular weight is 439 g/mol. The molecule has 1 saturated heterocycles. The fraction of sp³-hybridized carbons (Fsp3) is 0.368. The topological polar surface area (TPSA) is 172 Å². The van der Waals surface area contributed by atoms with Crippen molar-refractivity contribution in [2.24, 2.45) is 5.11 Å². The van der Waals surface area contributed by atoms with E-state index in [0.29, 0.717) is 23.5 Å². The molecule has 0 spiro atoms. The van der Waals surface area contributed by atoms with Crippen LogP contribution in [0.1, 0.15) is 11.8 Å². The normalized spacial score (nSPS) is 22.3. The van der Waals surface area contributed by atoms with Crippen LogP contribution in [-0.2, 0) is 16.1 Å². The van der Waals surface area contributed by atoms with E-state index in [4.69, 9.17) is 15.0 Å². The molecule has 3 heterocycles. The highest BCUT2D eigenvalue weighted by molar-refractivity contribution is 5.83. The number of amides is 1. The molecule has 13 nitrogen and oxygen atoms in total. The van der Waals surface area contributed by atoms with Crippen LogP contribution >= 0.6 is 0 Å². The number of azide groups is 1. The smallest absolute Gasteiger partial charge is 0.249 e. The van der Waals surface area contributed by atoms with Crippen LogP contribution in [0.15, 0.2) is 42.0 Å². The Labute approximate surface area is 182 Å². The number of aromatic nitrogens is 4. The highest BCUT2D eigenvalue weighted by atomic mass is 16.5. The SMILES string of the molecule is CNC(=O)C1OC(n2cnc3c(NCc4cccc(OC)c4)ncnc32)C(O)C1N=[N+]=[N-]. The van der Waals surface area contributed by atoms with Crippen molar-refractivity contribution in [3.05, 3.63) is 52.9 Å². The number of rotatable bonds is 7.